The van der Waals surface area contributed by atoms with Crippen molar-refractivity contribution in [1.29, 1.82) is 0 Å². The number of hydrogen-bond donors (Lipinski definition) is 2. The molecule has 0 spiro atoms. The van der Waals surface area contributed by atoms with Crippen molar-refractivity contribution in [1.82, 2.24) is 14.5 Å². The van der Waals surface area contributed by atoms with Crippen LogP contribution in [-0.4, -0.2) is 44.5 Å². The van der Waals surface area contributed by atoms with Crippen LogP contribution in [0.5, 0.6) is 0 Å². The molecule has 1 aliphatic heterocycles. The molecule has 0 bridgehead atoms. The molecule has 2 N–H and O–H groups in total. The van der Waals surface area contributed by atoms with Gasteiger partial charge < -0.3 is 15.0 Å². The van der Waals surface area contributed by atoms with E-state index < -0.39 is 11.9 Å². The first-order valence-electron chi connectivity index (χ1n) is 8.81. The number of rotatable bonds is 3. The first-order chi connectivity index (χ1) is 13.3. The van der Waals surface area contributed by atoms with Crippen LogP contribution in [-0.2, 0) is 11.8 Å². The Hall–Kier alpha value is -3.06. The number of aryl methyl sites for hydroxylation is 1. The van der Waals surface area contributed by atoms with Gasteiger partial charge in [-0.15, -0.1) is 0 Å². The monoisotopic (exact) mass is 399 g/mol. The lowest BCUT2D eigenvalue weighted by Gasteiger charge is -2.17. The number of carboxylic acids is 1. The molecule has 144 valence electrons. The van der Waals surface area contributed by atoms with E-state index in [1.165, 1.54) is 4.57 Å². The maximum atomic E-state index is 13.0. The second-order valence-electron chi connectivity index (χ2n) is 7.03. The summed E-state index contributed by atoms with van der Waals surface area (Å²) in [5.74, 6) is -2.18. The molecule has 1 amide bonds. The van der Waals surface area contributed by atoms with E-state index in [2.05, 4.69) is 4.98 Å². The van der Waals surface area contributed by atoms with Gasteiger partial charge in [0.2, 0.25) is 0 Å². The van der Waals surface area contributed by atoms with Crippen molar-refractivity contribution in [2.45, 2.75) is 5.92 Å². The van der Waals surface area contributed by atoms with Gasteiger partial charge in [-0.2, -0.15) is 0 Å². The number of benzene rings is 2. The second-order valence-corrected chi connectivity index (χ2v) is 7.47. The maximum Gasteiger partial charge on any atom is 0.326 e. The third-order valence-corrected chi connectivity index (χ3v) is 5.63. The average Bonchev–Trinajstić information content (AvgIpc) is 3.24. The van der Waals surface area contributed by atoms with Crippen molar-refractivity contribution >= 4 is 34.5 Å². The van der Waals surface area contributed by atoms with E-state index in [9.17, 15) is 19.5 Å². The van der Waals surface area contributed by atoms with Crippen LogP contribution in [0.15, 0.2) is 47.3 Å². The fraction of sp³-hybridized carbons (Fsp3) is 0.250. The van der Waals surface area contributed by atoms with E-state index in [1.54, 1.807) is 54.4 Å². The number of aromatic nitrogens is 2. The number of carbonyl (C=O) groups excluding carboxylic acids is 1. The van der Waals surface area contributed by atoms with Crippen molar-refractivity contribution < 1.29 is 14.7 Å². The highest BCUT2D eigenvalue weighted by molar-refractivity contribution is 6.30. The number of carboxylic acid groups (broad SMARTS) is 1. The van der Waals surface area contributed by atoms with E-state index in [0.717, 1.165) is 5.56 Å². The molecule has 1 aromatic heterocycles. The van der Waals surface area contributed by atoms with Gasteiger partial charge in [-0.1, -0.05) is 23.7 Å². The standard InChI is InChI=1S/C20H18ClN3O4/c1-23-17-8-12(4-7-16(17)22-20(23)28)18(25)24-9-14(15(10-24)19(26)27)11-2-5-13(21)6-3-11/h2-8,14-15H,9-10H2,1H3,(H,22,28)(H,26,27)/t14-,15+/m0/s1. The molecule has 28 heavy (non-hydrogen) atoms. The fourth-order valence-corrected chi connectivity index (χ4v) is 3.93. The Bertz CT molecular complexity index is 1130. The maximum absolute atomic E-state index is 13.0. The van der Waals surface area contributed by atoms with Crippen molar-refractivity contribution in [3.05, 3.63) is 69.1 Å². The Balaban J connectivity index is 1.64. The molecule has 3 aromatic rings. The minimum Gasteiger partial charge on any atom is -0.481 e. The molecular weight excluding hydrogens is 382 g/mol. The molecule has 4 rings (SSSR count). The number of imidazole rings is 1. The minimum absolute atomic E-state index is 0.131. The Morgan fingerprint density at radius 3 is 2.54 bits per heavy atom. The van der Waals surface area contributed by atoms with Gasteiger partial charge in [0.25, 0.3) is 5.91 Å². The lowest BCUT2D eigenvalue weighted by atomic mass is 9.89. The number of nitrogens with zero attached hydrogens (tertiary/aromatic N) is 2. The molecule has 2 atom stereocenters. The van der Waals surface area contributed by atoms with Gasteiger partial charge in [0.05, 0.1) is 17.0 Å². The zero-order valence-electron chi connectivity index (χ0n) is 15.1. The highest BCUT2D eigenvalue weighted by Crippen LogP contribution is 2.34. The Labute approximate surface area is 165 Å². The zero-order valence-corrected chi connectivity index (χ0v) is 15.8. The molecule has 8 heteroatoms. The lowest BCUT2D eigenvalue weighted by molar-refractivity contribution is -0.141. The number of halogens is 1. The molecule has 0 saturated carbocycles. The van der Waals surface area contributed by atoms with Crippen molar-refractivity contribution in [2.75, 3.05) is 13.1 Å². The molecule has 0 aliphatic carbocycles. The first-order valence-corrected chi connectivity index (χ1v) is 9.19. The highest BCUT2D eigenvalue weighted by Gasteiger charge is 2.40. The summed E-state index contributed by atoms with van der Waals surface area (Å²) in [5, 5.41) is 10.2. The predicted molar refractivity (Wildman–Crippen MR) is 105 cm³/mol. The van der Waals surface area contributed by atoms with E-state index in [0.29, 0.717) is 28.2 Å². The van der Waals surface area contributed by atoms with Crippen LogP contribution < -0.4 is 5.69 Å². The zero-order chi connectivity index (χ0) is 20.0. The van der Waals surface area contributed by atoms with Gasteiger partial charge >= 0.3 is 11.7 Å². The summed E-state index contributed by atoms with van der Waals surface area (Å²) >= 11 is 5.93. The van der Waals surface area contributed by atoms with Crippen LogP contribution in [0.3, 0.4) is 0 Å². The van der Waals surface area contributed by atoms with Crippen molar-refractivity contribution in [3.8, 4) is 0 Å². The first kappa shape index (κ1) is 18.3. The Morgan fingerprint density at radius 2 is 1.86 bits per heavy atom. The van der Waals surface area contributed by atoms with Crippen LogP contribution in [0.25, 0.3) is 11.0 Å². The summed E-state index contributed by atoms with van der Waals surface area (Å²) in [6, 6.07) is 12.0. The van der Waals surface area contributed by atoms with Gasteiger partial charge in [0.1, 0.15) is 0 Å². The summed E-state index contributed by atoms with van der Waals surface area (Å²) in [5.41, 5.74) is 2.28. The molecule has 2 aromatic carbocycles. The SMILES string of the molecule is Cn1c(=O)[nH]c2ccc(C(=O)N3C[C@@H](C(=O)O)[C@H](c4ccc(Cl)cc4)C3)cc21. The number of hydrogen-bond acceptors (Lipinski definition) is 3. The summed E-state index contributed by atoms with van der Waals surface area (Å²) in [6.07, 6.45) is 0. The molecule has 7 nitrogen and oxygen atoms in total. The number of fused-ring (bicyclic) bond motifs is 1. The van der Waals surface area contributed by atoms with Gasteiger partial charge in [0, 0.05) is 36.6 Å². The lowest BCUT2D eigenvalue weighted by Crippen LogP contribution is -2.29. The van der Waals surface area contributed by atoms with E-state index in [-0.39, 0.29) is 24.1 Å². The highest BCUT2D eigenvalue weighted by atomic mass is 35.5. The number of nitrogens with one attached hydrogen (secondary N) is 1. The quantitative estimate of drug-likeness (QED) is 0.707. The largest absolute Gasteiger partial charge is 0.481 e. The molecule has 2 heterocycles. The average molecular weight is 400 g/mol. The van der Waals surface area contributed by atoms with Gasteiger partial charge in [-0.25, -0.2) is 4.79 Å². The molecular formula is C20H18ClN3O4. The number of H-pyrrole nitrogens is 1. The third kappa shape index (κ3) is 3.07. The van der Waals surface area contributed by atoms with Crippen LogP contribution in [0, 0.1) is 5.92 Å². The number of likely N-dealkylation sites (tertiary alicyclic amines) is 1. The predicted octanol–water partition coefficient (Wildman–Crippen LogP) is 2.46. The smallest absolute Gasteiger partial charge is 0.326 e. The molecule has 0 unspecified atom stereocenters. The topological polar surface area (TPSA) is 95.4 Å². The van der Waals surface area contributed by atoms with E-state index in [4.69, 9.17) is 11.6 Å². The van der Waals surface area contributed by atoms with Crippen LogP contribution in [0.4, 0.5) is 0 Å². The molecule has 1 aliphatic rings. The van der Waals surface area contributed by atoms with Gasteiger partial charge in [-0.05, 0) is 35.9 Å². The molecule has 1 fully saturated rings. The van der Waals surface area contributed by atoms with E-state index in [1.807, 2.05) is 0 Å². The van der Waals surface area contributed by atoms with Gasteiger partial charge in [-0.3, -0.25) is 14.2 Å². The number of aliphatic carboxylic acids is 1. The summed E-state index contributed by atoms with van der Waals surface area (Å²) in [6.45, 7) is 0.438. The molecule has 1 saturated heterocycles. The molecule has 0 radical (unpaired) electrons. The number of aromatic amines is 1. The van der Waals surface area contributed by atoms with Crippen LogP contribution in [0.2, 0.25) is 5.02 Å². The minimum atomic E-state index is -0.932. The van der Waals surface area contributed by atoms with Crippen LogP contribution >= 0.6 is 11.6 Å². The summed E-state index contributed by atoms with van der Waals surface area (Å²) in [4.78, 5) is 40.8. The second kappa shape index (κ2) is 6.83. The van der Waals surface area contributed by atoms with Gasteiger partial charge in [0.15, 0.2) is 0 Å². The Kier molecular flexibility index (Phi) is 4.47. The van der Waals surface area contributed by atoms with E-state index >= 15 is 0 Å². The normalized spacial score (nSPS) is 19.3. The number of amides is 1. The third-order valence-electron chi connectivity index (χ3n) is 5.37. The fourth-order valence-electron chi connectivity index (χ4n) is 3.81. The summed E-state index contributed by atoms with van der Waals surface area (Å²) < 4.78 is 1.44. The van der Waals surface area contributed by atoms with Crippen molar-refractivity contribution in [3.63, 3.8) is 0 Å². The van der Waals surface area contributed by atoms with Crippen molar-refractivity contribution in [2.24, 2.45) is 13.0 Å². The Morgan fingerprint density at radius 1 is 1.14 bits per heavy atom. The van der Waals surface area contributed by atoms with Crippen LogP contribution in [0.1, 0.15) is 21.8 Å². The number of carbonyl (C=O) groups is 2. The summed E-state index contributed by atoms with van der Waals surface area (Å²) in [7, 11) is 1.63.